The predicted molar refractivity (Wildman–Crippen MR) is 418 cm³/mol. The van der Waals surface area contributed by atoms with E-state index < -0.39 is 14.0 Å². The lowest BCUT2D eigenvalue weighted by molar-refractivity contribution is 0.00578. The van der Waals surface area contributed by atoms with Crippen molar-refractivity contribution in [1.82, 2.24) is 28.7 Å². The molecule has 4 aliphatic rings. The lowest BCUT2D eigenvalue weighted by Crippen LogP contribution is -2.41. The minimum atomic E-state index is -0.476. The molecule has 0 amide bonds. The second-order valence-corrected chi connectivity index (χ2v) is 30.0. The Hall–Kier alpha value is -6.84. The highest BCUT2D eigenvalue weighted by Gasteiger charge is 2.64. The molecule has 0 saturated carbocycles. The van der Waals surface area contributed by atoms with Gasteiger partial charge in [-0.05, 0) is 237 Å². The van der Waals surface area contributed by atoms with Crippen molar-refractivity contribution in [2.45, 2.75) is 173 Å². The first-order valence-electron chi connectivity index (χ1n) is 31.8. The van der Waals surface area contributed by atoms with Gasteiger partial charge in [0.05, 0.1) is 72.4 Å². The Labute approximate surface area is 607 Å². The van der Waals surface area contributed by atoms with Crippen molar-refractivity contribution in [2.24, 2.45) is 4.99 Å². The Morgan fingerprint density at radius 2 is 0.724 bits per heavy atom. The molecular weight excluding hydrogens is 1420 g/mol. The lowest BCUT2D eigenvalue weighted by atomic mass is 9.49. The average Bonchev–Trinajstić information content (AvgIpc) is 1.60. The first kappa shape index (κ1) is 78.5. The zero-order chi connectivity index (χ0) is 68.4. The van der Waals surface area contributed by atoms with E-state index in [0.717, 1.165) is 86.7 Å². The maximum absolute atomic E-state index is 12.1. The van der Waals surface area contributed by atoms with Crippen molar-refractivity contribution in [2.75, 3.05) is 0 Å². The second-order valence-electron chi connectivity index (χ2n) is 27.3. The van der Waals surface area contributed by atoms with E-state index in [1.54, 1.807) is 12.1 Å². The van der Waals surface area contributed by atoms with Crippen LogP contribution in [-0.4, -0.2) is 89.6 Å². The van der Waals surface area contributed by atoms with Crippen molar-refractivity contribution in [3.63, 3.8) is 0 Å². The van der Waals surface area contributed by atoms with E-state index in [1.807, 2.05) is 136 Å². The highest BCUT2D eigenvalue weighted by Crippen LogP contribution is 2.43. The summed E-state index contributed by atoms with van der Waals surface area (Å²) in [6.07, 6.45) is 8.51. The maximum Gasteiger partial charge on any atom is 0.494 e. The van der Waals surface area contributed by atoms with Crippen LogP contribution in [0, 0.1) is 33.5 Å². The fraction of sp³-hybridized carbons (Fsp3) is 0.333. The van der Waals surface area contributed by atoms with Crippen LogP contribution in [0.1, 0.15) is 133 Å². The Balaban J connectivity index is 0.000000170. The molecule has 3 aromatic heterocycles. The van der Waals surface area contributed by atoms with Crippen LogP contribution < -0.4 is 5.46 Å². The smallest absolute Gasteiger partial charge is 0.405 e. The van der Waals surface area contributed by atoms with Gasteiger partial charge in [0.15, 0.2) is 0 Å². The first-order chi connectivity index (χ1) is 44.8. The molecule has 11 aromatic rings. The summed E-state index contributed by atoms with van der Waals surface area (Å²) in [6, 6.07) is 56.3. The summed E-state index contributed by atoms with van der Waals surface area (Å²) >= 11 is 10.4. The molecule has 7 heterocycles. The normalized spacial score (nSPS) is 16.6. The molecule has 8 aromatic carbocycles. The summed E-state index contributed by atoms with van der Waals surface area (Å²) in [5.41, 5.74) is 15.8. The van der Waals surface area contributed by atoms with Crippen LogP contribution >= 0.6 is 47.8 Å². The fourth-order valence-electron chi connectivity index (χ4n) is 10.5. The van der Waals surface area contributed by atoms with Crippen LogP contribution in [0.3, 0.4) is 0 Å². The van der Waals surface area contributed by atoms with Gasteiger partial charge in [0.2, 0.25) is 0 Å². The van der Waals surface area contributed by atoms with E-state index in [2.05, 4.69) is 227 Å². The predicted octanol–water partition coefficient (Wildman–Crippen LogP) is 20.8. The number of aromatic nitrogens is 6. The Kier molecular flexibility index (Phi) is 25.5. The number of halogens is 4. The number of fused-ring (bicyclic) bond motifs is 4. The summed E-state index contributed by atoms with van der Waals surface area (Å²) in [7, 11) is -1.32. The third-order valence-electron chi connectivity index (χ3n) is 18.4. The molecule has 0 spiro atoms. The van der Waals surface area contributed by atoms with Gasteiger partial charge in [-0.15, -0.1) is 0 Å². The second kappa shape index (κ2) is 31.8. The van der Waals surface area contributed by atoms with Crippen LogP contribution in [0.2, 0.25) is 0 Å². The van der Waals surface area contributed by atoms with Crippen LogP contribution in [0.25, 0.3) is 50.2 Å². The minimum absolute atomic E-state index is 0. The standard InChI is InChI=1S/C20H23BN2O2.2C14H11BrN2.C12H24B2O4.C8H6BrN.C7H7F.3CH4/c1-14-6-9-16(10-7-14)23-13-22-17-11-8-15(12-18(17)23)21-24-19(2,3)20(4,5)25-21;1-10-2-5-12(6-3-10)17-9-16-13-8-11(15)4-7-14(13)17;1-10-2-5-12(6-3-10)17-9-16-13-7-4-11(15)8-14(13)17;1-9(2)10(3,4)16-13(15-9)14-17-11(5,6)12(7,8)18-14;9-7-1-2-8-6(5-7)3-4-10-8;1-6-2-4-7(8)5-3-6;;;/h6-13H,1-5H3;2*2-9H,1H3;1-8H3;1-2,4-5H,3H2;2-5H,1H3;3*1H4. The van der Waals surface area contributed by atoms with Crippen LogP contribution in [0.15, 0.2) is 207 Å². The van der Waals surface area contributed by atoms with Gasteiger partial charge in [-0.1, -0.05) is 147 Å². The Bertz CT molecular complexity index is 4400. The topological polar surface area (TPSA) is 121 Å². The van der Waals surface area contributed by atoms with Gasteiger partial charge in [-0.25, -0.2) is 19.3 Å². The largest absolute Gasteiger partial charge is 0.494 e. The molecule has 15 rings (SSSR count). The molecule has 0 unspecified atom stereocenters. The van der Waals surface area contributed by atoms with Crippen LogP contribution in [-0.2, 0) is 34.3 Å². The average molecular weight is 1520 g/mol. The van der Waals surface area contributed by atoms with Gasteiger partial charge in [-0.3, -0.25) is 18.7 Å². The number of aliphatic imine (C=N–C) groups is 1. The third kappa shape index (κ3) is 18.2. The van der Waals surface area contributed by atoms with Gasteiger partial charge < -0.3 is 27.9 Å². The summed E-state index contributed by atoms with van der Waals surface area (Å²) in [4.78, 5) is 17.5. The fourth-order valence-corrected chi connectivity index (χ4v) is 11.6. The van der Waals surface area contributed by atoms with E-state index in [0.29, 0.717) is 0 Å². The molecule has 0 radical (unpaired) electrons. The number of aryl methyl sites for hydroxylation is 4. The van der Waals surface area contributed by atoms with Gasteiger partial charge in [-0.2, -0.15) is 0 Å². The lowest BCUT2D eigenvalue weighted by Gasteiger charge is -2.32. The highest BCUT2D eigenvalue weighted by molar-refractivity contribution is 9.11. The molecule has 98 heavy (non-hydrogen) atoms. The van der Waals surface area contributed by atoms with Crippen molar-refractivity contribution < 1.29 is 32.3 Å². The van der Waals surface area contributed by atoms with E-state index in [9.17, 15) is 4.39 Å². The Morgan fingerprint density at radius 1 is 0.378 bits per heavy atom. The van der Waals surface area contributed by atoms with Crippen molar-refractivity contribution in [1.29, 1.82) is 0 Å². The molecule has 3 fully saturated rings. The van der Waals surface area contributed by atoms with Crippen molar-refractivity contribution in [3.05, 3.63) is 236 Å². The number of hydrogen-bond acceptors (Lipinski definition) is 10. The molecule has 13 nitrogen and oxygen atoms in total. The van der Waals surface area contributed by atoms with Crippen molar-refractivity contribution in [3.8, 4) is 17.1 Å². The van der Waals surface area contributed by atoms with Crippen molar-refractivity contribution >= 4 is 119 Å². The SMILES string of the molecule is Brc1ccc2c(c1)CC=N2.C.C.C.CC1(C)OB(B2OC(C)(C)C(C)(C)O2)OC1(C)C.Cc1ccc(-n2cnc3cc(Br)ccc32)cc1.Cc1ccc(-n2cnc3ccc(B4OC(C)(C)C(C)(C)O4)cc32)cc1.Cc1ccc(-n2cnc3ccc(Br)cc32)cc1.Cc1ccc(F)cc1. The number of rotatable bonds is 5. The third-order valence-corrected chi connectivity index (χ3v) is 19.9. The molecule has 20 heteroatoms. The molecule has 0 aliphatic carbocycles. The number of imidazole rings is 3. The molecule has 3 saturated heterocycles. The number of hydrogen-bond donors (Lipinski definition) is 0. The molecule has 0 bridgehead atoms. The molecule has 0 atom stereocenters. The highest BCUT2D eigenvalue weighted by atomic mass is 79.9. The number of benzene rings is 8. The quantitative estimate of drug-likeness (QED) is 0.155. The van der Waals surface area contributed by atoms with Gasteiger partial charge in [0, 0.05) is 43.1 Å². The summed E-state index contributed by atoms with van der Waals surface area (Å²) < 4.78 is 57.9. The summed E-state index contributed by atoms with van der Waals surface area (Å²) in [5, 5.41) is 0. The molecular formula is C78H94B3Br3FN7O6. The van der Waals surface area contributed by atoms with Crippen LogP contribution in [0.4, 0.5) is 10.1 Å². The summed E-state index contributed by atoms with van der Waals surface area (Å²) in [5.74, 6) is -0.171. The maximum atomic E-state index is 12.1. The van der Waals surface area contributed by atoms with Crippen LogP contribution in [0.5, 0.6) is 0 Å². The first-order valence-corrected chi connectivity index (χ1v) is 34.2. The minimum Gasteiger partial charge on any atom is -0.405 e. The van der Waals surface area contributed by atoms with E-state index in [-0.39, 0.29) is 68.8 Å². The zero-order valence-electron chi connectivity index (χ0n) is 57.0. The van der Waals surface area contributed by atoms with E-state index in [4.69, 9.17) is 27.9 Å². The van der Waals surface area contributed by atoms with Gasteiger partial charge in [0.1, 0.15) is 24.8 Å². The molecule has 514 valence electrons. The molecule has 4 aliphatic heterocycles. The van der Waals surface area contributed by atoms with Gasteiger partial charge in [0.25, 0.3) is 0 Å². The zero-order valence-corrected chi connectivity index (χ0v) is 61.8. The number of nitrogens with zero attached hydrogens (tertiary/aromatic N) is 7. The monoisotopic (exact) mass is 1510 g/mol. The van der Waals surface area contributed by atoms with Gasteiger partial charge >= 0.3 is 21.1 Å². The van der Waals surface area contributed by atoms with E-state index >= 15 is 0 Å². The molecule has 0 N–H and O–H groups in total. The summed E-state index contributed by atoms with van der Waals surface area (Å²) in [6.45, 7) is 32.7. The van der Waals surface area contributed by atoms with E-state index in [1.165, 1.54) is 34.4 Å². The Morgan fingerprint density at radius 3 is 1.16 bits per heavy atom.